The van der Waals surface area contributed by atoms with E-state index in [0.717, 1.165) is 73.5 Å². The Balaban J connectivity index is 1.38. The maximum atomic E-state index is 13.5. The third kappa shape index (κ3) is 3.57. The number of carbonyl (C=O) groups is 1. The van der Waals surface area contributed by atoms with Crippen molar-refractivity contribution < 1.29 is 9.53 Å². The summed E-state index contributed by atoms with van der Waals surface area (Å²) in [6.07, 6.45) is 8.65. The molecule has 0 bridgehead atoms. The molecule has 8 heteroatoms. The van der Waals surface area contributed by atoms with Gasteiger partial charge in [-0.1, -0.05) is 6.07 Å². The Morgan fingerprint density at radius 3 is 2.68 bits per heavy atom. The van der Waals surface area contributed by atoms with Gasteiger partial charge in [-0.3, -0.25) is 4.79 Å². The molecule has 1 amide bonds. The summed E-state index contributed by atoms with van der Waals surface area (Å²) < 4.78 is 7.27. The zero-order valence-corrected chi connectivity index (χ0v) is 20.0. The van der Waals surface area contributed by atoms with Gasteiger partial charge in [0.15, 0.2) is 0 Å². The number of nitrogens with zero attached hydrogens (tertiary/aromatic N) is 6. The molecule has 8 nitrogen and oxygen atoms in total. The number of hydrogen-bond donors (Lipinski definition) is 0. The molecule has 3 heterocycles. The highest BCUT2D eigenvalue weighted by atomic mass is 16.5. The fourth-order valence-electron chi connectivity index (χ4n) is 5.26. The lowest BCUT2D eigenvalue weighted by molar-refractivity contribution is 0.0782. The summed E-state index contributed by atoms with van der Waals surface area (Å²) in [5.41, 5.74) is 6.08. The molecule has 0 spiro atoms. The Labute approximate surface area is 199 Å². The zero-order chi connectivity index (χ0) is 23.4. The van der Waals surface area contributed by atoms with Gasteiger partial charge >= 0.3 is 0 Å². The molecule has 1 aromatic carbocycles. The van der Waals surface area contributed by atoms with Gasteiger partial charge in [-0.2, -0.15) is 5.10 Å². The first-order chi connectivity index (χ1) is 16.5. The van der Waals surface area contributed by atoms with Crippen molar-refractivity contribution in [3.63, 3.8) is 0 Å². The average Bonchev–Trinajstić information content (AvgIpc) is 3.40. The van der Waals surface area contributed by atoms with Crippen LogP contribution in [0.25, 0.3) is 17.2 Å². The third-order valence-electron chi connectivity index (χ3n) is 7.46. The number of carbonyl (C=O) groups excluding carboxylic acids is 1. The van der Waals surface area contributed by atoms with Crippen molar-refractivity contribution in [3.8, 4) is 23.0 Å². The van der Waals surface area contributed by atoms with E-state index < -0.39 is 0 Å². The SMILES string of the molecule is COc1ccc2c(c1)-c1nc(-n3ncc(C(=O)N4CCC(N(C)C)C4)c3C3CC3)ncc1CC2. The van der Waals surface area contributed by atoms with Crippen LogP contribution < -0.4 is 4.74 Å². The van der Waals surface area contributed by atoms with Gasteiger partial charge in [0.05, 0.1) is 30.3 Å². The predicted molar refractivity (Wildman–Crippen MR) is 129 cm³/mol. The molecule has 1 saturated carbocycles. The van der Waals surface area contributed by atoms with Crippen LogP contribution in [-0.4, -0.2) is 75.8 Å². The number of ether oxygens (including phenoxy) is 1. The van der Waals surface area contributed by atoms with Crippen molar-refractivity contribution >= 4 is 5.91 Å². The quantitative estimate of drug-likeness (QED) is 0.585. The number of rotatable bonds is 5. The summed E-state index contributed by atoms with van der Waals surface area (Å²) in [5, 5.41) is 4.64. The van der Waals surface area contributed by atoms with Gasteiger partial charge in [0, 0.05) is 36.8 Å². The van der Waals surface area contributed by atoms with Gasteiger partial charge < -0.3 is 14.5 Å². The van der Waals surface area contributed by atoms with Crippen LogP contribution in [0.2, 0.25) is 0 Å². The fourth-order valence-corrected chi connectivity index (χ4v) is 5.26. The number of hydrogen-bond acceptors (Lipinski definition) is 6. The molecule has 1 atom stereocenters. The van der Waals surface area contributed by atoms with E-state index in [1.54, 1.807) is 18.0 Å². The Morgan fingerprint density at radius 1 is 1.12 bits per heavy atom. The Hall–Kier alpha value is -3.26. The second-order valence-electron chi connectivity index (χ2n) is 9.85. The van der Waals surface area contributed by atoms with Gasteiger partial charge in [-0.05, 0) is 69.5 Å². The van der Waals surface area contributed by atoms with Crippen molar-refractivity contribution in [1.82, 2.24) is 29.5 Å². The van der Waals surface area contributed by atoms with Crippen LogP contribution >= 0.6 is 0 Å². The topological polar surface area (TPSA) is 76.4 Å². The number of likely N-dealkylation sites (tertiary alicyclic amines) is 1. The lowest BCUT2D eigenvalue weighted by atomic mass is 9.90. The van der Waals surface area contributed by atoms with Crippen molar-refractivity contribution in [2.75, 3.05) is 34.3 Å². The van der Waals surface area contributed by atoms with E-state index in [-0.39, 0.29) is 5.91 Å². The van der Waals surface area contributed by atoms with Gasteiger partial charge in [-0.15, -0.1) is 0 Å². The van der Waals surface area contributed by atoms with E-state index in [9.17, 15) is 4.79 Å². The molecule has 2 fully saturated rings. The smallest absolute Gasteiger partial charge is 0.257 e. The molecule has 1 aliphatic heterocycles. The van der Waals surface area contributed by atoms with Crippen molar-refractivity contribution in [1.29, 1.82) is 0 Å². The summed E-state index contributed by atoms with van der Waals surface area (Å²) in [6.45, 7) is 1.54. The first kappa shape index (κ1) is 21.3. The normalized spacial score (nSPS) is 19.3. The monoisotopic (exact) mass is 458 g/mol. The molecule has 3 aliphatic rings. The molecule has 1 unspecified atom stereocenters. The van der Waals surface area contributed by atoms with Crippen LogP contribution in [0.1, 0.15) is 52.4 Å². The average molecular weight is 459 g/mol. The number of aromatic nitrogens is 4. The minimum absolute atomic E-state index is 0.0746. The summed E-state index contributed by atoms with van der Waals surface area (Å²) in [6, 6.07) is 6.58. The van der Waals surface area contributed by atoms with Crippen LogP contribution in [0.5, 0.6) is 5.75 Å². The van der Waals surface area contributed by atoms with E-state index in [2.05, 4.69) is 41.2 Å². The van der Waals surface area contributed by atoms with Crippen LogP contribution in [-0.2, 0) is 12.8 Å². The second kappa shape index (κ2) is 8.20. The van der Waals surface area contributed by atoms with E-state index in [0.29, 0.717) is 23.5 Å². The number of methoxy groups -OCH3 is 1. The van der Waals surface area contributed by atoms with Crippen molar-refractivity contribution in [2.24, 2.45) is 0 Å². The zero-order valence-electron chi connectivity index (χ0n) is 20.0. The Morgan fingerprint density at radius 2 is 1.94 bits per heavy atom. The minimum Gasteiger partial charge on any atom is -0.497 e. The molecule has 3 aromatic rings. The third-order valence-corrected chi connectivity index (χ3v) is 7.46. The molecule has 0 radical (unpaired) electrons. The van der Waals surface area contributed by atoms with Gasteiger partial charge in [0.25, 0.3) is 11.9 Å². The molecule has 0 N–H and O–H groups in total. The molecule has 6 rings (SSSR count). The highest BCUT2D eigenvalue weighted by Gasteiger charge is 2.37. The maximum Gasteiger partial charge on any atom is 0.257 e. The fraction of sp³-hybridized carbons (Fsp3) is 0.462. The highest BCUT2D eigenvalue weighted by molar-refractivity contribution is 5.95. The molecular weight excluding hydrogens is 428 g/mol. The second-order valence-corrected chi connectivity index (χ2v) is 9.85. The van der Waals surface area contributed by atoms with Crippen molar-refractivity contribution in [3.05, 3.63) is 53.0 Å². The largest absolute Gasteiger partial charge is 0.497 e. The van der Waals surface area contributed by atoms with Crippen LogP contribution in [0.15, 0.2) is 30.6 Å². The van der Waals surface area contributed by atoms with Crippen LogP contribution in [0.3, 0.4) is 0 Å². The molecule has 1 saturated heterocycles. The summed E-state index contributed by atoms with van der Waals surface area (Å²) in [4.78, 5) is 27.3. The number of amides is 1. The van der Waals surface area contributed by atoms with Gasteiger partial charge in [-0.25, -0.2) is 14.6 Å². The van der Waals surface area contributed by atoms with E-state index in [1.165, 1.54) is 5.56 Å². The first-order valence-corrected chi connectivity index (χ1v) is 12.1. The number of fused-ring (bicyclic) bond motifs is 3. The standard InChI is InChI=1S/C26H30N6O2/c1-30(2)19-10-11-31(15-19)25(33)22-14-28-32(24(22)17-5-6-17)26-27-13-18-7-4-16-8-9-20(34-3)12-21(16)23(18)29-26/h8-9,12-14,17,19H,4-7,10-11,15H2,1-3H3. The van der Waals surface area contributed by atoms with Gasteiger partial charge in [0.2, 0.25) is 0 Å². The van der Waals surface area contributed by atoms with E-state index >= 15 is 0 Å². The van der Waals surface area contributed by atoms with E-state index in [1.807, 2.05) is 17.2 Å². The lowest BCUT2D eigenvalue weighted by Crippen LogP contribution is -2.34. The highest BCUT2D eigenvalue weighted by Crippen LogP contribution is 2.43. The van der Waals surface area contributed by atoms with E-state index in [4.69, 9.17) is 9.72 Å². The maximum absolute atomic E-state index is 13.5. The van der Waals surface area contributed by atoms with Crippen molar-refractivity contribution in [2.45, 2.75) is 44.1 Å². The minimum atomic E-state index is 0.0746. The Kier molecular flexibility index (Phi) is 5.13. The number of benzene rings is 1. The summed E-state index contributed by atoms with van der Waals surface area (Å²) in [5.74, 6) is 1.76. The van der Waals surface area contributed by atoms with Gasteiger partial charge in [0.1, 0.15) is 5.75 Å². The number of likely N-dealkylation sites (N-methyl/N-ethyl adjacent to an activating group) is 1. The molecule has 34 heavy (non-hydrogen) atoms. The van der Waals surface area contributed by atoms with Crippen LogP contribution in [0.4, 0.5) is 0 Å². The summed E-state index contributed by atoms with van der Waals surface area (Å²) >= 11 is 0. The predicted octanol–water partition coefficient (Wildman–Crippen LogP) is 3.09. The lowest BCUT2D eigenvalue weighted by Gasteiger charge is -2.21. The number of aryl methyl sites for hydroxylation is 2. The molecular formula is C26H30N6O2. The Bertz CT molecular complexity index is 1260. The molecule has 176 valence electrons. The summed E-state index contributed by atoms with van der Waals surface area (Å²) in [7, 11) is 5.84. The molecule has 2 aliphatic carbocycles. The van der Waals surface area contributed by atoms with Crippen LogP contribution in [0, 0.1) is 0 Å². The first-order valence-electron chi connectivity index (χ1n) is 12.1. The molecule has 2 aromatic heterocycles.